The molecule has 96 valence electrons. The summed E-state index contributed by atoms with van der Waals surface area (Å²) in [6.45, 7) is 2.80. The lowest BCUT2D eigenvalue weighted by Gasteiger charge is -2.21. The standard InChI is InChI=1S/C16H15BrN2/c1-12-7-8-13(10-18)16(9-12)19(2)11-14-5-3-4-6-15(14)17/h3-9H,11H2,1-2H3. The van der Waals surface area contributed by atoms with Gasteiger partial charge in [-0.2, -0.15) is 5.26 Å². The molecule has 2 aromatic rings. The van der Waals surface area contributed by atoms with Crippen LogP contribution in [0.1, 0.15) is 16.7 Å². The third-order valence-electron chi connectivity index (χ3n) is 3.05. The van der Waals surface area contributed by atoms with Crippen LogP contribution in [0.25, 0.3) is 0 Å². The minimum Gasteiger partial charge on any atom is -0.369 e. The number of aryl methyl sites for hydroxylation is 1. The van der Waals surface area contributed by atoms with Gasteiger partial charge in [-0.05, 0) is 36.2 Å². The van der Waals surface area contributed by atoms with Gasteiger partial charge in [-0.1, -0.05) is 40.2 Å². The van der Waals surface area contributed by atoms with Crippen LogP contribution < -0.4 is 4.90 Å². The van der Waals surface area contributed by atoms with Crippen molar-refractivity contribution in [2.24, 2.45) is 0 Å². The molecule has 0 bridgehead atoms. The van der Waals surface area contributed by atoms with Crippen LogP contribution in [0.2, 0.25) is 0 Å². The quantitative estimate of drug-likeness (QED) is 0.846. The van der Waals surface area contributed by atoms with Crippen molar-refractivity contribution >= 4 is 21.6 Å². The topological polar surface area (TPSA) is 27.0 Å². The van der Waals surface area contributed by atoms with E-state index in [2.05, 4.69) is 39.0 Å². The Kier molecular flexibility index (Phi) is 4.24. The lowest BCUT2D eigenvalue weighted by atomic mass is 10.1. The maximum atomic E-state index is 9.19. The van der Waals surface area contributed by atoms with Crippen molar-refractivity contribution in [1.29, 1.82) is 5.26 Å². The summed E-state index contributed by atoms with van der Waals surface area (Å²) in [7, 11) is 2.01. The van der Waals surface area contributed by atoms with Crippen molar-refractivity contribution in [3.8, 4) is 6.07 Å². The summed E-state index contributed by atoms with van der Waals surface area (Å²) < 4.78 is 1.09. The number of nitriles is 1. The Hall–Kier alpha value is -1.79. The minimum atomic E-state index is 0.708. The van der Waals surface area contributed by atoms with Gasteiger partial charge in [0.25, 0.3) is 0 Å². The predicted molar refractivity (Wildman–Crippen MR) is 82.1 cm³/mol. The Bertz CT molecular complexity index is 629. The van der Waals surface area contributed by atoms with Gasteiger partial charge in [0.2, 0.25) is 0 Å². The Morgan fingerprint density at radius 2 is 1.95 bits per heavy atom. The molecule has 0 atom stereocenters. The maximum absolute atomic E-state index is 9.19. The van der Waals surface area contributed by atoms with E-state index in [1.54, 1.807) is 0 Å². The first kappa shape index (κ1) is 13.6. The number of hydrogen-bond donors (Lipinski definition) is 0. The van der Waals surface area contributed by atoms with Crippen LogP contribution in [0.3, 0.4) is 0 Å². The summed E-state index contributed by atoms with van der Waals surface area (Å²) in [6.07, 6.45) is 0. The van der Waals surface area contributed by atoms with Crippen molar-refractivity contribution in [2.45, 2.75) is 13.5 Å². The van der Waals surface area contributed by atoms with E-state index in [4.69, 9.17) is 0 Å². The summed E-state index contributed by atoms with van der Waals surface area (Å²) in [4.78, 5) is 2.10. The van der Waals surface area contributed by atoms with Gasteiger partial charge in [-0.25, -0.2) is 0 Å². The van der Waals surface area contributed by atoms with Crippen LogP contribution in [-0.2, 0) is 6.54 Å². The highest BCUT2D eigenvalue weighted by Gasteiger charge is 2.09. The van der Waals surface area contributed by atoms with Gasteiger partial charge < -0.3 is 4.90 Å². The Morgan fingerprint density at radius 1 is 1.21 bits per heavy atom. The van der Waals surface area contributed by atoms with Crippen molar-refractivity contribution in [2.75, 3.05) is 11.9 Å². The van der Waals surface area contributed by atoms with Crippen molar-refractivity contribution < 1.29 is 0 Å². The van der Waals surface area contributed by atoms with E-state index in [0.717, 1.165) is 22.3 Å². The summed E-state index contributed by atoms with van der Waals surface area (Å²) in [5.74, 6) is 0. The van der Waals surface area contributed by atoms with Gasteiger partial charge in [0.05, 0.1) is 11.3 Å². The summed E-state index contributed by atoms with van der Waals surface area (Å²) in [5.41, 5.74) is 4.04. The Balaban J connectivity index is 2.30. The van der Waals surface area contributed by atoms with Crippen LogP contribution >= 0.6 is 15.9 Å². The smallest absolute Gasteiger partial charge is 0.101 e. The number of rotatable bonds is 3. The lowest BCUT2D eigenvalue weighted by Crippen LogP contribution is -2.18. The fourth-order valence-corrected chi connectivity index (χ4v) is 2.43. The van der Waals surface area contributed by atoms with Gasteiger partial charge in [-0.3, -0.25) is 0 Å². The fraction of sp³-hybridized carbons (Fsp3) is 0.188. The van der Waals surface area contributed by atoms with Gasteiger partial charge in [-0.15, -0.1) is 0 Å². The number of anilines is 1. The molecule has 0 radical (unpaired) electrons. The molecular weight excluding hydrogens is 300 g/mol. The van der Waals surface area contributed by atoms with Gasteiger partial charge in [0, 0.05) is 18.1 Å². The van der Waals surface area contributed by atoms with E-state index >= 15 is 0 Å². The zero-order chi connectivity index (χ0) is 13.8. The second kappa shape index (κ2) is 5.90. The van der Waals surface area contributed by atoms with Crippen molar-refractivity contribution in [1.82, 2.24) is 0 Å². The largest absolute Gasteiger partial charge is 0.369 e. The molecule has 2 aromatic carbocycles. The van der Waals surface area contributed by atoms with Gasteiger partial charge >= 0.3 is 0 Å². The van der Waals surface area contributed by atoms with E-state index in [1.165, 1.54) is 5.56 Å². The Morgan fingerprint density at radius 3 is 2.63 bits per heavy atom. The van der Waals surface area contributed by atoms with E-state index in [0.29, 0.717) is 5.56 Å². The number of benzene rings is 2. The average Bonchev–Trinajstić information content (AvgIpc) is 2.41. The monoisotopic (exact) mass is 314 g/mol. The molecule has 19 heavy (non-hydrogen) atoms. The lowest BCUT2D eigenvalue weighted by molar-refractivity contribution is 0.915. The molecule has 0 aliphatic heterocycles. The number of nitrogens with zero attached hydrogens (tertiary/aromatic N) is 2. The fourth-order valence-electron chi connectivity index (χ4n) is 2.02. The second-order valence-electron chi connectivity index (χ2n) is 4.58. The van der Waals surface area contributed by atoms with Crippen LogP contribution in [0.5, 0.6) is 0 Å². The van der Waals surface area contributed by atoms with Crippen LogP contribution in [0.4, 0.5) is 5.69 Å². The molecule has 0 saturated carbocycles. The first-order valence-corrected chi connectivity index (χ1v) is 6.86. The summed E-state index contributed by atoms with van der Waals surface area (Å²) in [5, 5.41) is 9.19. The van der Waals surface area contributed by atoms with Crippen LogP contribution in [0.15, 0.2) is 46.9 Å². The molecule has 0 aliphatic carbocycles. The number of hydrogen-bond acceptors (Lipinski definition) is 2. The van der Waals surface area contributed by atoms with E-state index in [9.17, 15) is 5.26 Å². The molecule has 2 nitrogen and oxygen atoms in total. The highest BCUT2D eigenvalue weighted by molar-refractivity contribution is 9.10. The second-order valence-corrected chi connectivity index (χ2v) is 5.43. The summed E-state index contributed by atoms with van der Waals surface area (Å²) >= 11 is 3.56. The Labute approximate surface area is 122 Å². The first-order chi connectivity index (χ1) is 9.11. The molecule has 0 aliphatic rings. The van der Waals surface area contributed by atoms with Crippen LogP contribution in [-0.4, -0.2) is 7.05 Å². The first-order valence-electron chi connectivity index (χ1n) is 6.07. The zero-order valence-corrected chi connectivity index (χ0v) is 12.6. The van der Waals surface area contributed by atoms with Crippen molar-refractivity contribution in [3.63, 3.8) is 0 Å². The zero-order valence-electron chi connectivity index (χ0n) is 11.0. The molecule has 0 amide bonds. The molecule has 0 fully saturated rings. The minimum absolute atomic E-state index is 0.708. The third kappa shape index (κ3) is 3.15. The molecule has 2 rings (SSSR count). The van der Waals surface area contributed by atoms with Gasteiger partial charge in [0.15, 0.2) is 0 Å². The SMILES string of the molecule is Cc1ccc(C#N)c(N(C)Cc2ccccc2Br)c1. The van der Waals surface area contributed by atoms with Crippen LogP contribution in [0, 0.1) is 18.3 Å². The molecule has 0 unspecified atom stereocenters. The van der Waals surface area contributed by atoms with Crippen molar-refractivity contribution in [3.05, 3.63) is 63.6 Å². The molecular formula is C16H15BrN2. The molecule has 0 spiro atoms. The molecule has 0 N–H and O–H groups in total. The third-order valence-corrected chi connectivity index (χ3v) is 3.82. The van der Waals surface area contributed by atoms with E-state index < -0.39 is 0 Å². The highest BCUT2D eigenvalue weighted by atomic mass is 79.9. The van der Waals surface area contributed by atoms with E-state index in [-0.39, 0.29) is 0 Å². The molecule has 0 aromatic heterocycles. The van der Waals surface area contributed by atoms with E-state index in [1.807, 2.05) is 44.3 Å². The normalized spacial score (nSPS) is 10.0. The number of halogens is 1. The summed E-state index contributed by atoms with van der Waals surface area (Å²) in [6, 6.07) is 16.3. The molecule has 0 heterocycles. The highest BCUT2D eigenvalue weighted by Crippen LogP contribution is 2.24. The average molecular weight is 315 g/mol. The molecule has 0 saturated heterocycles. The maximum Gasteiger partial charge on any atom is 0.101 e. The predicted octanol–water partition coefficient (Wildman–Crippen LogP) is 4.27. The molecule has 3 heteroatoms. The van der Waals surface area contributed by atoms with Gasteiger partial charge in [0.1, 0.15) is 6.07 Å².